The quantitative estimate of drug-likeness (QED) is 0.333. The minimum absolute atomic E-state index is 0.0456. The largest absolute Gasteiger partial charge is 0.297 e. The van der Waals surface area contributed by atoms with Gasteiger partial charge in [0.25, 0.3) is 11.6 Å². The molecule has 0 aliphatic rings. The lowest BCUT2D eigenvalue weighted by Crippen LogP contribution is -2.13. The predicted octanol–water partition coefficient (Wildman–Crippen LogP) is 3.75. The van der Waals surface area contributed by atoms with Gasteiger partial charge in [-0.25, -0.2) is 4.98 Å². The van der Waals surface area contributed by atoms with Gasteiger partial charge >= 0.3 is 0 Å². The number of nitro groups is 1. The highest BCUT2D eigenvalue weighted by molar-refractivity contribution is 7.22. The number of nitriles is 1. The van der Waals surface area contributed by atoms with Crippen LogP contribution in [0.2, 0.25) is 0 Å². The Labute approximate surface area is 146 Å². The SMILES string of the molecule is N#C/C(=C/c1ccccc1)C(=O)Nc1nc2ccc([N+](=O)[O-])cc2s1. The van der Waals surface area contributed by atoms with Crippen molar-refractivity contribution in [3.05, 3.63) is 69.8 Å². The average Bonchev–Trinajstić information content (AvgIpc) is 3.01. The fraction of sp³-hybridized carbons (Fsp3) is 0. The number of hydrogen-bond donors (Lipinski definition) is 1. The van der Waals surface area contributed by atoms with Gasteiger partial charge in [-0.2, -0.15) is 5.26 Å². The first-order valence-electron chi connectivity index (χ1n) is 7.10. The monoisotopic (exact) mass is 350 g/mol. The molecule has 1 heterocycles. The minimum Gasteiger partial charge on any atom is -0.297 e. The first-order valence-corrected chi connectivity index (χ1v) is 7.91. The first-order chi connectivity index (χ1) is 12.1. The molecule has 7 nitrogen and oxygen atoms in total. The minimum atomic E-state index is -0.583. The molecule has 0 bridgehead atoms. The summed E-state index contributed by atoms with van der Waals surface area (Å²) in [5.41, 5.74) is 1.16. The zero-order valence-electron chi connectivity index (χ0n) is 12.7. The van der Waals surface area contributed by atoms with Gasteiger partial charge in [-0.3, -0.25) is 20.2 Å². The summed E-state index contributed by atoms with van der Waals surface area (Å²) < 4.78 is 0.579. The summed E-state index contributed by atoms with van der Waals surface area (Å²) in [6.45, 7) is 0. The molecule has 1 N–H and O–H groups in total. The van der Waals surface area contributed by atoms with Gasteiger partial charge in [-0.05, 0) is 17.7 Å². The van der Waals surface area contributed by atoms with Crippen LogP contribution in [0, 0.1) is 21.4 Å². The van der Waals surface area contributed by atoms with Crippen LogP contribution in [0.3, 0.4) is 0 Å². The number of carbonyl (C=O) groups excluding carboxylic acids is 1. The standard InChI is InChI=1S/C17H10N4O3S/c18-10-12(8-11-4-2-1-3-5-11)16(22)20-17-19-14-7-6-13(21(23)24)9-15(14)25-17/h1-9H,(H,19,20,22)/b12-8-. The highest BCUT2D eigenvalue weighted by Crippen LogP contribution is 2.29. The van der Waals surface area contributed by atoms with Crippen molar-refractivity contribution in [2.45, 2.75) is 0 Å². The van der Waals surface area contributed by atoms with Crippen molar-refractivity contribution in [1.82, 2.24) is 4.98 Å². The highest BCUT2D eigenvalue weighted by Gasteiger charge is 2.14. The Morgan fingerprint density at radius 2 is 2.04 bits per heavy atom. The zero-order valence-corrected chi connectivity index (χ0v) is 13.5. The number of aromatic nitrogens is 1. The maximum atomic E-state index is 12.3. The maximum Gasteiger partial charge on any atom is 0.270 e. The molecule has 3 aromatic rings. The Morgan fingerprint density at radius 3 is 2.72 bits per heavy atom. The van der Waals surface area contributed by atoms with E-state index in [1.165, 1.54) is 24.3 Å². The van der Waals surface area contributed by atoms with Crippen LogP contribution < -0.4 is 5.32 Å². The van der Waals surface area contributed by atoms with Crippen molar-refractivity contribution in [2.75, 3.05) is 5.32 Å². The van der Waals surface area contributed by atoms with Crippen molar-refractivity contribution in [2.24, 2.45) is 0 Å². The van der Waals surface area contributed by atoms with E-state index in [0.717, 1.165) is 16.9 Å². The second-order valence-electron chi connectivity index (χ2n) is 4.96. The lowest BCUT2D eigenvalue weighted by molar-refractivity contribution is -0.384. The van der Waals surface area contributed by atoms with E-state index in [1.807, 2.05) is 12.1 Å². The molecular weight excluding hydrogens is 340 g/mol. The summed E-state index contributed by atoms with van der Waals surface area (Å²) in [6, 6.07) is 15.1. The van der Waals surface area contributed by atoms with E-state index in [1.54, 1.807) is 24.3 Å². The van der Waals surface area contributed by atoms with Gasteiger partial charge in [-0.1, -0.05) is 41.7 Å². The van der Waals surface area contributed by atoms with Gasteiger partial charge in [0, 0.05) is 12.1 Å². The molecule has 0 aliphatic carbocycles. The van der Waals surface area contributed by atoms with Crippen LogP contribution in [0.1, 0.15) is 5.56 Å². The van der Waals surface area contributed by atoms with Crippen LogP contribution >= 0.6 is 11.3 Å². The second kappa shape index (κ2) is 6.90. The molecule has 0 spiro atoms. The van der Waals surface area contributed by atoms with E-state index < -0.39 is 10.8 Å². The third kappa shape index (κ3) is 3.68. The molecule has 0 aliphatic heterocycles. The van der Waals surface area contributed by atoms with E-state index in [-0.39, 0.29) is 16.4 Å². The van der Waals surface area contributed by atoms with Crippen LogP contribution in [0.25, 0.3) is 16.3 Å². The molecule has 1 aromatic heterocycles. The lowest BCUT2D eigenvalue weighted by Gasteiger charge is -1.99. The molecule has 122 valence electrons. The lowest BCUT2D eigenvalue weighted by atomic mass is 10.1. The number of anilines is 1. The Kier molecular flexibility index (Phi) is 4.50. The van der Waals surface area contributed by atoms with Crippen LogP contribution in [-0.4, -0.2) is 15.8 Å². The summed E-state index contributed by atoms with van der Waals surface area (Å²) in [5.74, 6) is -0.583. The number of carbonyl (C=O) groups is 1. The van der Waals surface area contributed by atoms with Gasteiger partial charge in [0.2, 0.25) is 0 Å². The van der Waals surface area contributed by atoms with E-state index >= 15 is 0 Å². The van der Waals surface area contributed by atoms with Crippen LogP contribution in [0.4, 0.5) is 10.8 Å². The number of hydrogen-bond acceptors (Lipinski definition) is 6. The van der Waals surface area contributed by atoms with Crippen LogP contribution in [0.5, 0.6) is 0 Å². The number of nitro benzene ring substituents is 1. The molecule has 0 radical (unpaired) electrons. The van der Waals surface area contributed by atoms with Crippen LogP contribution in [-0.2, 0) is 4.79 Å². The van der Waals surface area contributed by atoms with Crippen molar-refractivity contribution in [1.29, 1.82) is 5.26 Å². The van der Waals surface area contributed by atoms with Crippen molar-refractivity contribution < 1.29 is 9.72 Å². The summed E-state index contributed by atoms with van der Waals surface area (Å²) in [5, 5.41) is 22.8. The zero-order chi connectivity index (χ0) is 17.8. The van der Waals surface area contributed by atoms with Gasteiger partial charge in [0.1, 0.15) is 11.6 Å². The van der Waals surface area contributed by atoms with Crippen molar-refractivity contribution in [3.63, 3.8) is 0 Å². The highest BCUT2D eigenvalue weighted by atomic mass is 32.1. The van der Waals surface area contributed by atoms with E-state index in [9.17, 15) is 20.2 Å². The second-order valence-corrected chi connectivity index (χ2v) is 5.99. The number of fused-ring (bicyclic) bond motifs is 1. The molecule has 25 heavy (non-hydrogen) atoms. The smallest absolute Gasteiger partial charge is 0.270 e. The van der Waals surface area contributed by atoms with Gasteiger partial charge < -0.3 is 0 Å². The average molecular weight is 350 g/mol. The van der Waals surface area contributed by atoms with Crippen molar-refractivity contribution >= 4 is 44.4 Å². The van der Waals surface area contributed by atoms with Gasteiger partial charge in [0.05, 0.1) is 15.1 Å². The fourth-order valence-electron chi connectivity index (χ4n) is 2.11. The van der Waals surface area contributed by atoms with Gasteiger partial charge in [-0.15, -0.1) is 0 Å². The molecular formula is C17H10N4O3S. The molecule has 8 heteroatoms. The molecule has 1 amide bonds. The predicted molar refractivity (Wildman–Crippen MR) is 94.9 cm³/mol. The molecule has 2 aromatic carbocycles. The van der Waals surface area contributed by atoms with E-state index in [4.69, 9.17) is 0 Å². The van der Waals surface area contributed by atoms with Crippen LogP contribution in [0.15, 0.2) is 54.1 Å². The summed E-state index contributed by atoms with van der Waals surface area (Å²) in [6.07, 6.45) is 1.48. The number of benzene rings is 2. The fourth-order valence-corrected chi connectivity index (χ4v) is 3.00. The third-order valence-corrected chi connectivity index (χ3v) is 4.21. The molecule has 0 atom stereocenters. The van der Waals surface area contributed by atoms with E-state index in [0.29, 0.717) is 10.2 Å². The number of rotatable bonds is 4. The molecule has 3 rings (SSSR count). The summed E-state index contributed by atoms with van der Waals surface area (Å²) in [7, 11) is 0. The molecule has 0 fully saturated rings. The topological polar surface area (TPSA) is 109 Å². The molecule has 0 saturated heterocycles. The number of amides is 1. The normalized spacial score (nSPS) is 11.1. The molecule has 0 saturated carbocycles. The number of thiazole rings is 1. The number of nitrogens with zero attached hydrogens (tertiary/aromatic N) is 3. The van der Waals surface area contributed by atoms with E-state index in [2.05, 4.69) is 10.3 Å². The first kappa shape index (κ1) is 16.3. The summed E-state index contributed by atoms with van der Waals surface area (Å²) in [4.78, 5) is 26.8. The maximum absolute atomic E-state index is 12.3. The number of non-ortho nitro benzene ring substituents is 1. The van der Waals surface area contributed by atoms with Gasteiger partial charge in [0.15, 0.2) is 5.13 Å². The third-order valence-electron chi connectivity index (χ3n) is 3.28. The Hall–Kier alpha value is -3.57. The Balaban J connectivity index is 1.84. The Bertz CT molecular complexity index is 1030. The summed E-state index contributed by atoms with van der Waals surface area (Å²) >= 11 is 1.11. The number of nitrogens with one attached hydrogen (secondary N) is 1. The Morgan fingerprint density at radius 1 is 1.28 bits per heavy atom. The molecule has 0 unspecified atom stereocenters. The van der Waals surface area contributed by atoms with Crippen molar-refractivity contribution in [3.8, 4) is 6.07 Å².